The van der Waals surface area contributed by atoms with Crippen LogP contribution in [0.25, 0.3) is 0 Å². The number of rotatable bonds is 5. The average molecular weight is 429 g/mol. The van der Waals surface area contributed by atoms with Crippen LogP contribution >= 0.6 is 0 Å². The summed E-state index contributed by atoms with van der Waals surface area (Å²) in [7, 11) is 0. The lowest BCUT2D eigenvalue weighted by molar-refractivity contribution is -0.122. The second-order valence-corrected chi connectivity index (χ2v) is 8.61. The van der Waals surface area contributed by atoms with Crippen LogP contribution in [-0.4, -0.2) is 18.4 Å². The number of ether oxygens (including phenoxy) is 1. The number of nitrogens with zero attached hydrogens (tertiary/aromatic N) is 1. The molecular formula is C27H28N2O3. The van der Waals surface area contributed by atoms with Crippen molar-refractivity contribution in [2.75, 3.05) is 16.8 Å². The van der Waals surface area contributed by atoms with Crippen molar-refractivity contribution in [2.24, 2.45) is 5.92 Å². The van der Waals surface area contributed by atoms with Crippen LogP contribution in [-0.2, 0) is 9.59 Å². The van der Waals surface area contributed by atoms with Crippen molar-refractivity contribution in [1.29, 1.82) is 0 Å². The van der Waals surface area contributed by atoms with Gasteiger partial charge < -0.3 is 15.0 Å². The zero-order valence-electron chi connectivity index (χ0n) is 18.9. The van der Waals surface area contributed by atoms with Gasteiger partial charge in [0.15, 0.2) is 0 Å². The highest BCUT2D eigenvalue weighted by atomic mass is 16.5. The third kappa shape index (κ3) is 4.83. The molecule has 1 atom stereocenters. The van der Waals surface area contributed by atoms with Crippen LogP contribution < -0.4 is 15.0 Å². The third-order valence-corrected chi connectivity index (χ3v) is 5.85. The van der Waals surface area contributed by atoms with Gasteiger partial charge in [-0.25, -0.2) is 0 Å². The topological polar surface area (TPSA) is 58.6 Å². The first kappa shape index (κ1) is 21.6. The molecule has 164 valence electrons. The number of anilines is 2. The summed E-state index contributed by atoms with van der Waals surface area (Å²) in [5, 5.41) is 2.93. The largest absolute Gasteiger partial charge is 0.457 e. The monoisotopic (exact) mass is 428 g/mol. The fourth-order valence-electron chi connectivity index (χ4n) is 4.00. The molecule has 0 spiro atoms. The lowest BCUT2D eigenvalue weighted by Gasteiger charge is -2.18. The molecule has 1 aliphatic rings. The highest BCUT2D eigenvalue weighted by Gasteiger charge is 2.35. The molecule has 1 N–H and O–H groups in total. The number of carbonyl (C=O) groups is 2. The van der Waals surface area contributed by atoms with E-state index in [1.807, 2.05) is 68.4 Å². The van der Waals surface area contributed by atoms with Crippen LogP contribution in [0.4, 0.5) is 11.4 Å². The van der Waals surface area contributed by atoms with Gasteiger partial charge >= 0.3 is 0 Å². The minimum absolute atomic E-state index is 0.0210. The van der Waals surface area contributed by atoms with Gasteiger partial charge in [-0.05, 0) is 98.5 Å². The summed E-state index contributed by atoms with van der Waals surface area (Å²) >= 11 is 0. The Bertz CT molecular complexity index is 1150. The van der Waals surface area contributed by atoms with E-state index in [1.165, 1.54) is 11.1 Å². The fourth-order valence-corrected chi connectivity index (χ4v) is 4.00. The average Bonchev–Trinajstić information content (AvgIpc) is 3.13. The van der Waals surface area contributed by atoms with Crippen LogP contribution in [0.15, 0.2) is 60.7 Å². The Morgan fingerprint density at radius 2 is 1.53 bits per heavy atom. The number of aryl methyl sites for hydroxylation is 4. The number of hydrogen-bond acceptors (Lipinski definition) is 3. The first-order chi connectivity index (χ1) is 15.3. The van der Waals surface area contributed by atoms with Crippen molar-refractivity contribution in [3.8, 4) is 11.5 Å². The van der Waals surface area contributed by atoms with Crippen molar-refractivity contribution in [3.05, 3.63) is 82.9 Å². The maximum absolute atomic E-state index is 12.8. The molecule has 32 heavy (non-hydrogen) atoms. The van der Waals surface area contributed by atoms with Crippen LogP contribution in [0, 0.1) is 33.6 Å². The quantitative estimate of drug-likeness (QED) is 0.567. The summed E-state index contributed by atoms with van der Waals surface area (Å²) < 4.78 is 5.91. The Balaban J connectivity index is 1.38. The van der Waals surface area contributed by atoms with Crippen molar-refractivity contribution in [3.63, 3.8) is 0 Å². The molecular weight excluding hydrogens is 400 g/mol. The number of amides is 2. The van der Waals surface area contributed by atoms with Gasteiger partial charge in [-0.15, -0.1) is 0 Å². The van der Waals surface area contributed by atoms with E-state index in [1.54, 1.807) is 4.90 Å². The van der Waals surface area contributed by atoms with Crippen LogP contribution in [0.2, 0.25) is 0 Å². The minimum Gasteiger partial charge on any atom is -0.457 e. The predicted molar refractivity (Wildman–Crippen MR) is 127 cm³/mol. The van der Waals surface area contributed by atoms with Gasteiger partial charge in [0, 0.05) is 24.3 Å². The summed E-state index contributed by atoms with van der Waals surface area (Å²) in [5.74, 6) is 0.930. The van der Waals surface area contributed by atoms with Crippen molar-refractivity contribution < 1.29 is 14.3 Å². The smallest absolute Gasteiger partial charge is 0.229 e. The Morgan fingerprint density at radius 1 is 0.875 bits per heavy atom. The van der Waals surface area contributed by atoms with E-state index in [9.17, 15) is 9.59 Å². The van der Waals surface area contributed by atoms with E-state index in [0.29, 0.717) is 18.0 Å². The standard InChI is InChI=1S/C27H28N2O3/c1-17-11-18(2)13-23(12-17)29-16-21(15-26(29)30)27(31)28-22-6-9-24(10-7-22)32-25-8-5-19(3)20(4)14-25/h5-14,21H,15-16H2,1-4H3,(H,28,31)/t21-/m1/s1. The second-order valence-electron chi connectivity index (χ2n) is 8.61. The second kappa shape index (κ2) is 8.87. The van der Waals surface area contributed by atoms with Gasteiger partial charge in [0.05, 0.1) is 5.92 Å². The molecule has 0 radical (unpaired) electrons. The summed E-state index contributed by atoms with van der Waals surface area (Å²) in [6.45, 7) is 8.52. The highest BCUT2D eigenvalue weighted by molar-refractivity contribution is 6.03. The van der Waals surface area contributed by atoms with E-state index in [2.05, 4.69) is 25.2 Å². The van der Waals surface area contributed by atoms with Gasteiger partial charge in [0.1, 0.15) is 11.5 Å². The van der Waals surface area contributed by atoms with Gasteiger partial charge in [0.25, 0.3) is 0 Å². The number of benzene rings is 3. The number of nitrogens with one attached hydrogen (secondary N) is 1. The molecule has 1 saturated heterocycles. The number of carbonyl (C=O) groups excluding carboxylic acids is 2. The predicted octanol–water partition coefficient (Wildman–Crippen LogP) is 5.70. The summed E-state index contributed by atoms with van der Waals surface area (Å²) in [6.07, 6.45) is 0.215. The molecule has 1 heterocycles. The zero-order chi connectivity index (χ0) is 22.8. The van der Waals surface area contributed by atoms with Crippen molar-refractivity contribution in [2.45, 2.75) is 34.1 Å². The van der Waals surface area contributed by atoms with Gasteiger partial charge in [-0.2, -0.15) is 0 Å². The van der Waals surface area contributed by atoms with E-state index in [-0.39, 0.29) is 24.2 Å². The Kier molecular flexibility index (Phi) is 5.99. The van der Waals surface area contributed by atoms with Crippen molar-refractivity contribution >= 4 is 23.2 Å². The molecule has 5 heteroatoms. The zero-order valence-corrected chi connectivity index (χ0v) is 18.9. The van der Waals surface area contributed by atoms with E-state index >= 15 is 0 Å². The van der Waals surface area contributed by atoms with Crippen LogP contribution in [0.1, 0.15) is 28.7 Å². The minimum atomic E-state index is -0.380. The lowest BCUT2D eigenvalue weighted by Crippen LogP contribution is -2.28. The molecule has 3 aromatic carbocycles. The Labute approximate surface area is 189 Å². The summed E-state index contributed by atoms with van der Waals surface area (Å²) in [6, 6.07) is 19.3. The molecule has 2 amide bonds. The first-order valence-electron chi connectivity index (χ1n) is 10.8. The number of hydrogen-bond donors (Lipinski definition) is 1. The van der Waals surface area contributed by atoms with Crippen molar-refractivity contribution in [1.82, 2.24) is 0 Å². The summed E-state index contributed by atoms with van der Waals surface area (Å²) in [5.41, 5.74) is 6.13. The molecule has 0 aromatic heterocycles. The maximum atomic E-state index is 12.8. The molecule has 4 rings (SSSR count). The highest BCUT2D eigenvalue weighted by Crippen LogP contribution is 2.29. The maximum Gasteiger partial charge on any atom is 0.229 e. The van der Waals surface area contributed by atoms with Gasteiger partial charge in [-0.3, -0.25) is 9.59 Å². The molecule has 0 bridgehead atoms. The van der Waals surface area contributed by atoms with Crippen LogP contribution in [0.5, 0.6) is 11.5 Å². The van der Waals surface area contributed by atoms with Crippen LogP contribution in [0.3, 0.4) is 0 Å². The van der Waals surface area contributed by atoms with E-state index in [4.69, 9.17) is 4.74 Å². The molecule has 0 saturated carbocycles. The molecule has 0 aliphatic carbocycles. The Morgan fingerprint density at radius 3 is 2.19 bits per heavy atom. The molecule has 1 fully saturated rings. The Hall–Kier alpha value is -3.60. The fraction of sp³-hybridized carbons (Fsp3) is 0.259. The molecule has 1 aliphatic heterocycles. The normalized spacial score (nSPS) is 15.7. The SMILES string of the molecule is Cc1cc(C)cc(N2C[C@H](C(=O)Nc3ccc(Oc4ccc(C)c(C)c4)cc3)CC2=O)c1. The van der Waals surface area contributed by atoms with Gasteiger partial charge in [0.2, 0.25) is 11.8 Å². The summed E-state index contributed by atoms with van der Waals surface area (Å²) in [4.78, 5) is 27.1. The first-order valence-corrected chi connectivity index (χ1v) is 10.8. The van der Waals surface area contributed by atoms with E-state index < -0.39 is 0 Å². The lowest BCUT2D eigenvalue weighted by atomic mass is 10.1. The third-order valence-electron chi connectivity index (χ3n) is 5.85. The van der Waals surface area contributed by atoms with Gasteiger partial charge in [-0.1, -0.05) is 12.1 Å². The molecule has 3 aromatic rings. The van der Waals surface area contributed by atoms with E-state index in [0.717, 1.165) is 22.6 Å². The molecule has 0 unspecified atom stereocenters. The molecule has 5 nitrogen and oxygen atoms in total.